The lowest BCUT2D eigenvalue weighted by molar-refractivity contribution is -0.141. The number of nitrogens with two attached hydrogens (primary N) is 1. The summed E-state index contributed by atoms with van der Waals surface area (Å²) < 4.78 is 0. The lowest BCUT2D eigenvalue weighted by atomic mass is 9.78. The predicted octanol–water partition coefficient (Wildman–Crippen LogP) is 1.57. The van der Waals surface area contributed by atoms with Gasteiger partial charge in [-0.25, -0.2) is 4.79 Å². The molecule has 29 heavy (non-hydrogen) atoms. The molecule has 3 rings (SSSR count). The van der Waals surface area contributed by atoms with Gasteiger partial charge in [-0.15, -0.1) is 0 Å². The van der Waals surface area contributed by atoms with Gasteiger partial charge in [-0.1, -0.05) is 60.7 Å². The summed E-state index contributed by atoms with van der Waals surface area (Å²) in [4.78, 5) is 39.0. The summed E-state index contributed by atoms with van der Waals surface area (Å²) in [7, 11) is 0. The molecule has 0 saturated carbocycles. The molecular weight excluding hydrogens is 368 g/mol. The van der Waals surface area contributed by atoms with Gasteiger partial charge < -0.3 is 21.3 Å². The number of hydrogen-bond donors (Lipinski definition) is 3. The largest absolute Gasteiger partial charge is 0.368 e. The van der Waals surface area contributed by atoms with Crippen molar-refractivity contribution in [2.24, 2.45) is 5.73 Å². The number of amides is 4. The molecule has 1 heterocycles. The molecule has 4 amide bonds. The third-order valence-corrected chi connectivity index (χ3v) is 5.33. The Morgan fingerprint density at radius 1 is 1.03 bits per heavy atom. The Bertz CT molecular complexity index is 872. The average molecular weight is 394 g/mol. The molecule has 1 aliphatic rings. The molecule has 0 bridgehead atoms. The van der Waals surface area contributed by atoms with E-state index in [1.807, 2.05) is 60.7 Å². The fraction of sp³-hybridized carbons (Fsp3) is 0.318. The van der Waals surface area contributed by atoms with E-state index >= 15 is 0 Å². The fourth-order valence-corrected chi connectivity index (χ4v) is 3.49. The average Bonchev–Trinajstić information content (AvgIpc) is 2.71. The first-order valence-electron chi connectivity index (χ1n) is 9.66. The maximum Gasteiger partial charge on any atom is 0.318 e. The summed E-state index contributed by atoms with van der Waals surface area (Å²) >= 11 is 0. The van der Waals surface area contributed by atoms with Gasteiger partial charge in [-0.3, -0.25) is 9.59 Å². The summed E-state index contributed by atoms with van der Waals surface area (Å²) in [6.45, 7) is 2.37. The van der Waals surface area contributed by atoms with Crippen LogP contribution >= 0.6 is 0 Å². The number of likely N-dealkylation sites (tertiary alicyclic amines) is 1. The van der Waals surface area contributed by atoms with Gasteiger partial charge in [0.1, 0.15) is 11.6 Å². The number of carbonyl (C=O) groups excluding carboxylic acids is 3. The Labute approximate surface area is 170 Å². The van der Waals surface area contributed by atoms with E-state index in [9.17, 15) is 14.4 Å². The SMILES string of the molecule is C[C@H](NC(=O)[C@]1(Cc2ccccc2)CCN1C(=O)NCc1ccccc1)C(N)=O. The van der Waals surface area contributed by atoms with E-state index in [4.69, 9.17) is 5.73 Å². The van der Waals surface area contributed by atoms with Crippen molar-refractivity contribution < 1.29 is 14.4 Å². The zero-order chi connectivity index (χ0) is 20.9. The minimum absolute atomic E-state index is 0.307. The number of nitrogens with zero attached hydrogens (tertiary/aromatic N) is 1. The van der Waals surface area contributed by atoms with Crippen LogP contribution in [0.3, 0.4) is 0 Å². The highest BCUT2D eigenvalue weighted by molar-refractivity contribution is 5.95. The molecule has 7 nitrogen and oxygen atoms in total. The van der Waals surface area contributed by atoms with E-state index in [-0.39, 0.29) is 11.9 Å². The third-order valence-electron chi connectivity index (χ3n) is 5.33. The van der Waals surface area contributed by atoms with Crippen LogP contribution in [0.5, 0.6) is 0 Å². The Balaban J connectivity index is 1.77. The van der Waals surface area contributed by atoms with Crippen molar-refractivity contribution in [2.75, 3.05) is 6.54 Å². The molecule has 0 aromatic heterocycles. The van der Waals surface area contributed by atoms with Crippen molar-refractivity contribution >= 4 is 17.8 Å². The van der Waals surface area contributed by atoms with E-state index in [1.165, 1.54) is 6.92 Å². The van der Waals surface area contributed by atoms with E-state index in [1.54, 1.807) is 4.90 Å². The Morgan fingerprint density at radius 3 is 2.14 bits per heavy atom. The highest BCUT2D eigenvalue weighted by Crippen LogP contribution is 2.35. The number of nitrogens with one attached hydrogen (secondary N) is 2. The van der Waals surface area contributed by atoms with Gasteiger partial charge in [-0.2, -0.15) is 0 Å². The lowest BCUT2D eigenvalue weighted by Gasteiger charge is -2.51. The first kappa shape index (κ1) is 20.4. The second-order valence-corrected chi connectivity index (χ2v) is 7.34. The van der Waals surface area contributed by atoms with Crippen LogP contribution in [0.25, 0.3) is 0 Å². The number of hydrogen-bond acceptors (Lipinski definition) is 3. The van der Waals surface area contributed by atoms with Crippen molar-refractivity contribution in [1.82, 2.24) is 15.5 Å². The molecule has 1 aliphatic heterocycles. The summed E-state index contributed by atoms with van der Waals surface area (Å²) in [5.41, 5.74) is 6.16. The summed E-state index contributed by atoms with van der Waals surface area (Å²) in [6, 6.07) is 18.0. The quantitative estimate of drug-likeness (QED) is 0.664. The first-order chi connectivity index (χ1) is 13.9. The number of primary amides is 1. The Hall–Kier alpha value is -3.35. The number of benzene rings is 2. The summed E-state index contributed by atoms with van der Waals surface area (Å²) in [5, 5.41) is 5.55. The topological polar surface area (TPSA) is 105 Å². The zero-order valence-electron chi connectivity index (χ0n) is 16.4. The first-order valence-corrected chi connectivity index (χ1v) is 9.66. The molecule has 0 spiro atoms. The maximum absolute atomic E-state index is 13.1. The van der Waals surface area contributed by atoms with Crippen molar-refractivity contribution in [3.8, 4) is 0 Å². The van der Waals surface area contributed by atoms with E-state index in [2.05, 4.69) is 10.6 Å². The molecule has 4 N–H and O–H groups in total. The molecule has 2 atom stereocenters. The van der Waals surface area contributed by atoms with Crippen molar-refractivity contribution in [3.05, 3.63) is 71.8 Å². The fourth-order valence-electron chi connectivity index (χ4n) is 3.49. The molecule has 0 unspecified atom stereocenters. The molecule has 0 aliphatic carbocycles. The van der Waals surface area contributed by atoms with E-state index in [0.29, 0.717) is 25.9 Å². The van der Waals surface area contributed by atoms with Crippen molar-refractivity contribution in [3.63, 3.8) is 0 Å². The molecule has 0 radical (unpaired) electrons. The molecule has 1 fully saturated rings. The zero-order valence-corrected chi connectivity index (χ0v) is 16.4. The van der Waals surface area contributed by atoms with E-state index < -0.39 is 17.5 Å². The Kier molecular flexibility index (Phi) is 6.16. The molecule has 7 heteroatoms. The lowest BCUT2D eigenvalue weighted by Crippen LogP contribution is -2.72. The highest BCUT2D eigenvalue weighted by atomic mass is 16.2. The molecule has 2 aromatic carbocycles. The van der Waals surface area contributed by atoms with Crippen LogP contribution in [0.1, 0.15) is 24.5 Å². The van der Waals surface area contributed by atoms with Gasteiger partial charge in [0.25, 0.3) is 0 Å². The minimum Gasteiger partial charge on any atom is -0.368 e. The smallest absolute Gasteiger partial charge is 0.318 e. The van der Waals surface area contributed by atoms with Crippen LogP contribution in [-0.2, 0) is 22.6 Å². The van der Waals surface area contributed by atoms with Gasteiger partial charge in [0.2, 0.25) is 11.8 Å². The van der Waals surface area contributed by atoms with Gasteiger partial charge in [0.15, 0.2) is 0 Å². The van der Waals surface area contributed by atoms with Gasteiger partial charge in [0, 0.05) is 19.5 Å². The van der Waals surface area contributed by atoms with Crippen molar-refractivity contribution in [2.45, 2.75) is 37.9 Å². The summed E-state index contributed by atoms with van der Waals surface area (Å²) in [5.74, 6) is -0.985. The van der Waals surface area contributed by atoms with Crippen LogP contribution in [0, 0.1) is 0 Å². The van der Waals surface area contributed by atoms with Crippen LogP contribution in [0.2, 0.25) is 0 Å². The number of urea groups is 1. The normalized spacial score (nSPS) is 19.0. The van der Waals surface area contributed by atoms with Crippen molar-refractivity contribution in [1.29, 1.82) is 0 Å². The minimum atomic E-state index is -1.05. The monoisotopic (exact) mass is 394 g/mol. The predicted molar refractivity (Wildman–Crippen MR) is 110 cm³/mol. The maximum atomic E-state index is 13.1. The van der Waals surface area contributed by atoms with Gasteiger partial charge in [-0.05, 0) is 24.5 Å². The van der Waals surface area contributed by atoms with Crippen LogP contribution < -0.4 is 16.4 Å². The van der Waals surface area contributed by atoms with Crippen LogP contribution in [0.4, 0.5) is 4.79 Å². The molecule has 2 aromatic rings. The van der Waals surface area contributed by atoms with Gasteiger partial charge >= 0.3 is 6.03 Å². The van der Waals surface area contributed by atoms with E-state index in [0.717, 1.165) is 11.1 Å². The molecule has 152 valence electrons. The molecular formula is C22H26N4O3. The number of carbonyl (C=O) groups is 3. The second-order valence-electron chi connectivity index (χ2n) is 7.34. The van der Waals surface area contributed by atoms with Gasteiger partial charge in [0.05, 0.1) is 0 Å². The standard InChI is InChI=1S/C22H26N4O3/c1-16(19(23)27)25-20(28)22(14-17-8-4-2-5-9-17)12-13-26(22)21(29)24-15-18-10-6-3-7-11-18/h2-11,16H,12-15H2,1H3,(H2,23,27)(H,24,29)(H,25,28)/t16-,22+/m0/s1. The number of rotatable bonds is 7. The highest BCUT2D eigenvalue weighted by Gasteiger charge is 2.53. The second kappa shape index (κ2) is 8.77. The van der Waals surface area contributed by atoms with Crippen LogP contribution in [-0.4, -0.2) is 40.9 Å². The summed E-state index contributed by atoms with van der Waals surface area (Å²) in [6.07, 6.45) is 0.877. The Morgan fingerprint density at radius 2 is 1.62 bits per heavy atom. The third kappa shape index (κ3) is 4.56. The molecule has 1 saturated heterocycles. The van der Waals surface area contributed by atoms with Crippen LogP contribution in [0.15, 0.2) is 60.7 Å².